The van der Waals surface area contributed by atoms with Crippen LogP contribution in [0.2, 0.25) is 0 Å². The lowest BCUT2D eigenvalue weighted by molar-refractivity contribution is -0.121. The van der Waals surface area contributed by atoms with Gasteiger partial charge in [0.25, 0.3) is 0 Å². The standard InChI is InChI=1S/C21H32N4O2/c1-22-21(23-13-12-20(26)25-18-7-3-4-8-18)24-14-17-6-2-5-9-19(17)27-15-16-10-11-16/h2,5-6,9,16,18H,3-4,7-8,10-15H2,1H3,(H,25,26)(H2,22,23,24). The molecule has 0 unspecified atom stereocenters. The van der Waals surface area contributed by atoms with E-state index < -0.39 is 0 Å². The van der Waals surface area contributed by atoms with Gasteiger partial charge in [0.15, 0.2) is 5.96 Å². The Hall–Kier alpha value is -2.24. The molecule has 148 valence electrons. The molecule has 2 saturated carbocycles. The van der Waals surface area contributed by atoms with E-state index in [0.29, 0.717) is 31.5 Å². The second kappa shape index (κ2) is 10.2. The molecule has 6 nitrogen and oxygen atoms in total. The Morgan fingerprint density at radius 2 is 1.93 bits per heavy atom. The molecule has 0 aliphatic heterocycles. The van der Waals surface area contributed by atoms with Crippen LogP contribution in [0.15, 0.2) is 29.3 Å². The summed E-state index contributed by atoms with van der Waals surface area (Å²) in [6, 6.07) is 8.48. The van der Waals surface area contributed by atoms with Crippen molar-refractivity contribution in [1.29, 1.82) is 0 Å². The van der Waals surface area contributed by atoms with Crippen LogP contribution in [0.4, 0.5) is 0 Å². The molecule has 0 bridgehead atoms. The normalized spacial score (nSPS) is 17.6. The second-order valence-corrected chi connectivity index (χ2v) is 7.51. The number of hydrogen-bond donors (Lipinski definition) is 3. The molecular weight excluding hydrogens is 340 g/mol. The topological polar surface area (TPSA) is 74.8 Å². The fraction of sp³-hybridized carbons (Fsp3) is 0.619. The maximum Gasteiger partial charge on any atom is 0.221 e. The molecule has 0 heterocycles. The first-order chi connectivity index (χ1) is 13.2. The molecule has 1 aromatic rings. The third-order valence-electron chi connectivity index (χ3n) is 5.18. The van der Waals surface area contributed by atoms with Crippen molar-refractivity contribution in [3.63, 3.8) is 0 Å². The van der Waals surface area contributed by atoms with Gasteiger partial charge in [0, 0.05) is 38.2 Å². The van der Waals surface area contributed by atoms with Gasteiger partial charge in [-0.25, -0.2) is 0 Å². The zero-order valence-corrected chi connectivity index (χ0v) is 16.3. The number of aliphatic imine (C=N–C) groups is 1. The molecule has 0 spiro atoms. The summed E-state index contributed by atoms with van der Waals surface area (Å²) in [7, 11) is 1.74. The lowest BCUT2D eigenvalue weighted by Gasteiger charge is -2.15. The minimum absolute atomic E-state index is 0.115. The van der Waals surface area contributed by atoms with Crippen LogP contribution in [0.25, 0.3) is 0 Å². The van der Waals surface area contributed by atoms with Crippen molar-refractivity contribution in [2.75, 3.05) is 20.2 Å². The van der Waals surface area contributed by atoms with Gasteiger partial charge in [-0.15, -0.1) is 0 Å². The predicted octanol–water partition coefficient (Wildman–Crippen LogP) is 2.59. The van der Waals surface area contributed by atoms with E-state index in [1.165, 1.54) is 25.7 Å². The second-order valence-electron chi connectivity index (χ2n) is 7.51. The average molecular weight is 373 g/mol. The van der Waals surface area contributed by atoms with Gasteiger partial charge in [0.2, 0.25) is 5.91 Å². The Kier molecular flexibility index (Phi) is 7.36. The number of carbonyl (C=O) groups excluding carboxylic acids is 1. The number of ether oxygens (including phenoxy) is 1. The fourth-order valence-corrected chi connectivity index (χ4v) is 3.35. The van der Waals surface area contributed by atoms with Crippen molar-refractivity contribution in [3.8, 4) is 5.75 Å². The fourth-order valence-electron chi connectivity index (χ4n) is 3.35. The lowest BCUT2D eigenvalue weighted by atomic mass is 10.2. The van der Waals surface area contributed by atoms with Crippen LogP contribution in [-0.2, 0) is 11.3 Å². The molecule has 0 aromatic heterocycles. The van der Waals surface area contributed by atoms with Crippen molar-refractivity contribution < 1.29 is 9.53 Å². The number of nitrogens with zero attached hydrogens (tertiary/aromatic N) is 1. The number of carbonyl (C=O) groups is 1. The third kappa shape index (κ3) is 6.77. The van der Waals surface area contributed by atoms with Crippen molar-refractivity contribution in [3.05, 3.63) is 29.8 Å². The first-order valence-corrected chi connectivity index (χ1v) is 10.2. The highest BCUT2D eigenvalue weighted by molar-refractivity contribution is 5.81. The minimum Gasteiger partial charge on any atom is -0.493 e. The van der Waals surface area contributed by atoms with E-state index in [1.54, 1.807) is 7.05 Å². The van der Waals surface area contributed by atoms with E-state index >= 15 is 0 Å². The molecule has 0 atom stereocenters. The van der Waals surface area contributed by atoms with Gasteiger partial charge in [-0.3, -0.25) is 9.79 Å². The van der Waals surface area contributed by atoms with Crippen LogP contribution in [0.5, 0.6) is 5.75 Å². The van der Waals surface area contributed by atoms with E-state index in [9.17, 15) is 4.79 Å². The van der Waals surface area contributed by atoms with Crippen LogP contribution in [-0.4, -0.2) is 38.1 Å². The number of amides is 1. The van der Waals surface area contributed by atoms with Crippen LogP contribution in [0.1, 0.15) is 50.5 Å². The molecule has 27 heavy (non-hydrogen) atoms. The molecule has 1 aromatic carbocycles. The highest BCUT2D eigenvalue weighted by Crippen LogP contribution is 2.30. The number of rotatable bonds is 9. The molecule has 3 N–H and O–H groups in total. The van der Waals surface area contributed by atoms with E-state index in [-0.39, 0.29) is 5.91 Å². The van der Waals surface area contributed by atoms with Crippen molar-refractivity contribution in [1.82, 2.24) is 16.0 Å². The Balaban J connectivity index is 1.37. The van der Waals surface area contributed by atoms with Crippen LogP contribution < -0.4 is 20.7 Å². The summed E-state index contributed by atoms with van der Waals surface area (Å²) in [5.41, 5.74) is 1.11. The Morgan fingerprint density at radius 1 is 1.15 bits per heavy atom. The summed E-state index contributed by atoms with van der Waals surface area (Å²) in [4.78, 5) is 16.2. The number of nitrogens with one attached hydrogen (secondary N) is 3. The molecule has 2 fully saturated rings. The third-order valence-corrected chi connectivity index (χ3v) is 5.18. The largest absolute Gasteiger partial charge is 0.493 e. The Morgan fingerprint density at radius 3 is 2.67 bits per heavy atom. The van der Waals surface area contributed by atoms with E-state index in [1.807, 2.05) is 18.2 Å². The van der Waals surface area contributed by atoms with Gasteiger partial charge in [0.1, 0.15) is 5.75 Å². The summed E-state index contributed by atoms with van der Waals surface area (Å²) in [5, 5.41) is 9.62. The van der Waals surface area contributed by atoms with Crippen LogP contribution in [0, 0.1) is 5.92 Å². The molecule has 0 radical (unpaired) electrons. The summed E-state index contributed by atoms with van der Waals surface area (Å²) in [6.45, 7) is 2.01. The number of para-hydroxylation sites is 1. The summed E-state index contributed by atoms with van der Waals surface area (Å²) >= 11 is 0. The monoisotopic (exact) mass is 372 g/mol. The zero-order chi connectivity index (χ0) is 18.9. The minimum atomic E-state index is 0.115. The van der Waals surface area contributed by atoms with Crippen LogP contribution >= 0.6 is 0 Å². The molecule has 6 heteroatoms. The van der Waals surface area contributed by atoms with Crippen LogP contribution in [0.3, 0.4) is 0 Å². The molecule has 2 aliphatic carbocycles. The van der Waals surface area contributed by atoms with Gasteiger partial charge >= 0.3 is 0 Å². The highest BCUT2D eigenvalue weighted by Gasteiger charge is 2.22. The van der Waals surface area contributed by atoms with Crippen molar-refractivity contribution in [2.24, 2.45) is 10.9 Å². The van der Waals surface area contributed by atoms with E-state index in [4.69, 9.17) is 4.74 Å². The first-order valence-electron chi connectivity index (χ1n) is 10.2. The van der Waals surface area contributed by atoms with E-state index in [0.717, 1.165) is 36.7 Å². The van der Waals surface area contributed by atoms with Gasteiger partial charge in [-0.2, -0.15) is 0 Å². The molecule has 1 amide bonds. The van der Waals surface area contributed by atoms with Gasteiger partial charge in [0.05, 0.1) is 6.61 Å². The first kappa shape index (κ1) is 19.5. The lowest BCUT2D eigenvalue weighted by Crippen LogP contribution is -2.40. The Labute approximate surface area is 162 Å². The predicted molar refractivity (Wildman–Crippen MR) is 108 cm³/mol. The highest BCUT2D eigenvalue weighted by atomic mass is 16.5. The Bertz CT molecular complexity index is 637. The number of guanidine groups is 1. The quantitative estimate of drug-likeness (QED) is 0.460. The summed E-state index contributed by atoms with van der Waals surface area (Å²) in [5.74, 6) is 2.48. The number of benzene rings is 1. The van der Waals surface area contributed by atoms with Gasteiger partial charge < -0.3 is 20.7 Å². The summed E-state index contributed by atoms with van der Waals surface area (Å²) < 4.78 is 5.95. The van der Waals surface area contributed by atoms with Gasteiger partial charge in [-0.1, -0.05) is 31.0 Å². The van der Waals surface area contributed by atoms with Crippen molar-refractivity contribution in [2.45, 2.75) is 57.5 Å². The number of hydrogen-bond acceptors (Lipinski definition) is 3. The molecule has 3 rings (SSSR count). The summed E-state index contributed by atoms with van der Waals surface area (Å²) in [6.07, 6.45) is 7.71. The smallest absolute Gasteiger partial charge is 0.221 e. The zero-order valence-electron chi connectivity index (χ0n) is 16.3. The molecular formula is C21H32N4O2. The maximum atomic E-state index is 12.0. The molecule has 0 saturated heterocycles. The van der Waals surface area contributed by atoms with E-state index in [2.05, 4.69) is 27.0 Å². The molecule has 2 aliphatic rings. The SMILES string of the molecule is CN=C(NCCC(=O)NC1CCCC1)NCc1ccccc1OCC1CC1. The maximum absolute atomic E-state index is 12.0. The van der Waals surface area contributed by atoms with Crippen molar-refractivity contribution >= 4 is 11.9 Å². The van der Waals surface area contributed by atoms with Gasteiger partial charge in [-0.05, 0) is 37.7 Å². The average Bonchev–Trinajstić information content (AvgIpc) is 3.38.